The number of anilines is 1. The number of benzene rings is 2. The number of rotatable bonds is 1. The Morgan fingerprint density at radius 3 is 2.35 bits per heavy atom. The Kier molecular flexibility index (Phi) is 3.02. The second-order valence-electron chi connectivity index (χ2n) is 3.72. The number of nitrogens with zero attached hydrogens (tertiary/aromatic N) is 1. The first-order valence-corrected chi connectivity index (χ1v) is 5.13. The summed E-state index contributed by atoms with van der Waals surface area (Å²) in [4.78, 5) is 7.80. The van der Waals surface area contributed by atoms with Gasteiger partial charge in [-0.15, -0.1) is 12.4 Å². The Morgan fingerprint density at radius 2 is 1.65 bits per heavy atom. The fraction of sp³-hybridized carbons (Fsp3) is 0. The molecule has 0 atom stereocenters. The predicted molar refractivity (Wildman–Crippen MR) is 73.2 cm³/mol. The molecule has 0 aliphatic rings. The molecule has 0 fully saturated rings. The average molecular weight is 246 g/mol. The van der Waals surface area contributed by atoms with Crippen LogP contribution in [0.3, 0.4) is 0 Å². The van der Waals surface area contributed by atoms with Crippen molar-refractivity contribution in [1.29, 1.82) is 0 Å². The molecular weight excluding hydrogens is 234 g/mol. The van der Waals surface area contributed by atoms with E-state index in [4.69, 9.17) is 5.73 Å². The maximum absolute atomic E-state index is 5.65. The molecule has 0 aliphatic heterocycles. The zero-order valence-electron chi connectivity index (χ0n) is 9.05. The van der Waals surface area contributed by atoms with E-state index >= 15 is 0 Å². The second-order valence-corrected chi connectivity index (χ2v) is 3.72. The van der Waals surface area contributed by atoms with Gasteiger partial charge in [0.2, 0.25) is 0 Å². The van der Waals surface area contributed by atoms with Gasteiger partial charge in [0.15, 0.2) is 0 Å². The summed E-state index contributed by atoms with van der Waals surface area (Å²) in [5, 5.41) is 0. The van der Waals surface area contributed by atoms with Gasteiger partial charge in [-0.3, -0.25) is 0 Å². The van der Waals surface area contributed by atoms with Gasteiger partial charge in [0.1, 0.15) is 5.82 Å². The number of hydrogen-bond donors (Lipinski definition) is 2. The minimum atomic E-state index is 0. The summed E-state index contributed by atoms with van der Waals surface area (Å²) >= 11 is 0. The number of aromatic nitrogens is 2. The van der Waals surface area contributed by atoms with Gasteiger partial charge in [0, 0.05) is 11.3 Å². The molecule has 0 unspecified atom stereocenters. The van der Waals surface area contributed by atoms with E-state index in [1.807, 2.05) is 48.5 Å². The zero-order valence-corrected chi connectivity index (χ0v) is 9.87. The molecule has 0 saturated carbocycles. The Labute approximate surface area is 105 Å². The fourth-order valence-electron chi connectivity index (χ4n) is 1.73. The van der Waals surface area contributed by atoms with Crippen molar-refractivity contribution in [3.8, 4) is 11.4 Å². The van der Waals surface area contributed by atoms with Crippen LogP contribution in [0.2, 0.25) is 0 Å². The van der Waals surface area contributed by atoms with Crippen molar-refractivity contribution in [2.45, 2.75) is 0 Å². The highest BCUT2D eigenvalue weighted by molar-refractivity contribution is 5.85. The summed E-state index contributed by atoms with van der Waals surface area (Å²) in [6.07, 6.45) is 0. The fourth-order valence-corrected chi connectivity index (χ4v) is 1.73. The van der Waals surface area contributed by atoms with Crippen LogP contribution in [-0.2, 0) is 0 Å². The number of imidazole rings is 1. The first-order valence-electron chi connectivity index (χ1n) is 5.13. The van der Waals surface area contributed by atoms with Crippen molar-refractivity contribution in [2.24, 2.45) is 0 Å². The number of halogens is 1. The lowest BCUT2D eigenvalue weighted by atomic mass is 10.2. The van der Waals surface area contributed by atoms with E-state index in [9.17, 15) is 0 Å². The summed E-state index contributed by atoms with van der Waals surface area (Å²) < 4.78 is 0. The molecule has 3 N–H and O–H groups in total. The summed E-state index contributed by atoms with van der Waals surface area (Å²) in [6, 6.07) is 15.7. The monoisotopic (exact) mass is 245 g/mol. The second kappa shape index (κ2) is 4.47. The third-order valence-corrected chi connectivity index (χ3v) is 2.57. The van der Waals surface area contributed by atoms with Crippen LogP contribution >= 0.6 is 12.4 Å². The molecule has 17 heavy (non-hydrogen) atoms. The van der Waals surface area contributed by atoms with Crippen LogP contribution in [0.1, 0.15) is 0 Å². The van der Waals surface area contributed by atoms with Crippen LogP contribution in [0.25, 0.3) is 22.4 Å². The molecule has 0 amide bonds. The number of nitrogens with one attached hydrogen (secondary N) is 1. The third-order valence-electron chi connectivity index (χ3n) is 2.57. The summed E-state index contributed by atoms with van der Waals surface area (Å²) in [7, 11) is 0. The SMILES string of the molecule is Cl.Nc1ccc(-c2nc3ccccc3[nH]2)cc1. The van der Waals surface area contributed by atoms with Gasteiger partial charge in [-0.05, 0) is 36.4 Å². The highest BCUT2D eigenvalue weighted by atomic mass is 35.5. The lowest BCUT2D eigenvalue weighted by Gasteiger charge is -1.96. The molecule has 3 nitrogen and oxygen atoms in total. The zero-order chi connectivity index (χ0) is 11.0. The maximum atomic E-state index is 5.65. The van der Waals surface area contributed by atoms with Crippen LogP contribution in [-0.4, -0.2) is 9.97 Å². The first kappa shape index (κ1) is 11.5. The first-order chi connectivity index (χ1) is 7.83. The van der Waals surface area contributed by atoms with Crippen LogP contribution in [0.5, 0.6) is 0 Å². The van der Waals surface area contributed by atoms with Crippen molar-refractivity contribution in [1.82, 2.24) is 9.97 Å². The number of hydrogen-bond acceptors (Lipinski definition) is 2. The lowest BCUT2D eigenvalue weighted by molar-refractivity contribution is 1.34. The maximum Gasteiger partial charge on any atom is 0.138 e. The summed E-state index contributed by atoms with van der Waals surface area (Å²) in [6.45, 7) is 0. The highest BCUT2D eigenvalue weighted by Gasteiger charge is 2.03. The van der Waals surface area contributed by atoms with Gasteiger partial charge in [-0.25, -0.2) is 4.98 Å². The molecule has 86 valence electrons. The van der Waals surface area contributed by atoms with Gasteiger partial charge in [-0.1, -0.05) is 12.1 Å². The van der Waals surface area contributed by atoms with E-state index in [1.165, 1.54) is 0 Å². The van der Waals surface area contributed by atoms with Crippen LogP contribution < -0.4 is 5.73 Å². The molecule has 1 heterocycles. The molecule has 1 aromatic heterocycles. The number of fused-ring (bicyclic) bond motifs is 1. The molecule has 4 heteroatoms. The van der Waals surface area contributed by atoms with E-state index < -0.39 is 0 Å². The van der Waals surface area contributed by atoms with Gasteiger partial charge < -0.3 is 10.7 Å². The van der Waals surface area contributed by atoms with Crippen molar-refractivity contribution in [3.63, 3.8) is 0 Å². The van der Waals surface area contributed by atoms with E-state index in [0.29, 0.717) is 0 Å². The smallest absolute Gasteiger partial charge is 0.138 e. The molecular formula is C13H12ClN3. The van der Waals surface area contributed by atoms with Crippen molar-refractivity contribution < 1.29 is 0 Å². The Hall–Kier alpha value is -2.00. The quantitative estimate of drug-likeness (QED) is 0.647. The van der Waals surface area contributed by atoms with E-state index in [1.54, 1.807) is 0 Å². The molecule has 2 aromatic carbocycles. The molecule has 0 bridgehead atoms. The van der Waals surface area contributed by atoms with Crippen LogP contribution in [0.15, 0.2) is 48.5 Å². The van der Waals surface area contributed by atoms with Crippen molar-refractivity contribution in [3.05, 3.63) is 48.5 Å². The van der Waals surface area contributed by atoms with Gasteiger partial charge in [0.05, 0.1) is 11.0 Å². The number of nitrogen functional groups attached to an aromatic ring is 1. The minimum Gasteiger partial charge on any atom is -0.399 e. The summed E-state index contributed by atoms with van der Waals surface area (Å²) in [5.41, 5.74) is 9.49. The highest BCUT2D eigenvalue weighted by Crippen LogP contribution is 2.20. The standard InChI is InChI=1S/C13H11N3.ClH/c14-10-7-5-9(6-8-10)13-15-11-3-1-2-4-12(11)16-13;/h1-8H,14H2,(H,15,16);1H. The molecule has 3 aromatic rings. The van der Waals surface area contributed by atoms with Gasteiger partial charge in [0.25, 0.3) is 0 Å². The van der Waals surface area contributed by atoms with Crippen molar-refractivity contribution >= 4 is 29.1 Å². The number of nitrogens with two attached hydrogens (primary N) is 1. The molecule has 3 rings (SSSR count). The van der Waals surface area contributed by atoms with Gasteiger partial charge >= 0.3 is 0 Å². The van der Waals surface area contributed by atoms with Crippen molar-refractivity contribution in [2.75, 3.05) is 5.73 Å². The van der Waals surface area contributed by atoms with E-state index in [-0.39, 0.29) is 12.4 Å². The third kappa shape index (κ3) is 2.10. The molecule has 0 aliphatic carbocycles. The predicted octanol–water partition coefficient (Wildman–Crippen LogP) is 3.23. The number of para-hydroxylation sites is 2. The van der Waals surface area contributed by atoms with Crippen LogP contribution in [0, 0.1) is 0 Å². The topological polar surface area (TPSA) is 54.7 Å². The average Bonchev–Trinajstić information content (AvgIpc) is 2.73. The number of aromatic amines is 1. The minimum absolute atomic E-state index is 0. The Bertz CT molecular complexity index is 595. The lowest BCUT2D eigenvalue weighted by Crippen LogP contribution is -1.84. The van der Waals surface area contributed by atoms with E-state index in [0.717, 1.165) is 28.1 Å². The molecule has 0 radical (unpaired) electrons. The molecule has 0 spiro atoms. The van der Waals surface area contributed by atoms with Gasteiger partial charge in [-0.2, -0.15) is 0 Å². The Balaban J connectivity index is 0.00000108. The summed E-state index contributed by atoms with van der Waals surface area (Å²) in [5.74, 6) is 0.876. The Morgan fingerprint density at radius 1 is 0.941 bits per heavy atom. The van der Waals surface area contributed by atoms with Crippen LogP contribution in [0.4, 0.5) is 5.69 Å². The van der Waals surface area contributed by atoms with E-state index in [2.05, 4.69) is 9.97 Å². The molecule has 0 saturated heterocycles. The largest absolute Gasteiger partial charge is 0.399 e. The normalized spacial score (nSPS) is 10.1. The number of H-pyrrole nitrogens is 1.